The van der Waals surface area contributed by atoms with Crippen LogP contribution in [0.5, 0.6) is 0 Å². The molecule has 1 rings (SSSR count). The van der Waals surface area contributed by atoms with Gasteiger partial charge in [-0.2, -0.15) is 0 Å². The topological polar surface area (TPSA) is 21.3 Å². The number of nitrogens with one attached hydrogen (secondary N) is 1. The molecule has 1 heterocycles. The maximum atomic E-state index is 4.94. The van der Waals surface area contributed by atoms with Gasteiger partial charge in [0.15, 0.2) is 0 Å². The monoisotopic (exact) mass is 131 g/mol. The van der Waals surface area contributed by atoms with Crippen LogP contribution in [0.15, 0.2) is 0 Å². The van der Waals surface area contributed by atoms with Crippen LogP contribution in [0.4, 0.5) is 0 Å². The molecule has 56 valence electrons. The van der Waals surface area contributed by atoms with E-state index in [0.717, 1.165) is 13.2 Å². The number of hydrogen-bond acceptors (Lipinski definition) is 2. The van der Waals surface area contributed by atoms with E-state index in [0.29, 0.717) is 0 Å². The first-order chi connectivity index (χ1) is 3.91. The van der Waals surface area contributed by atoms with Crippen LogP contribution in [0.3, 0.4) is 0 Å². The van der Waals surface area contributed by atoms with Crippen molar-refractivity contribution in [3.8, 4) is 0 Å². The molecule has 0 radical (unpaired) electrons. The lowest BCUT2D eigenvalue weighted by atomic mass is 10.4. The Kier molecular flexibility index (Phi) is 14.2. The molecule has 0 aromatic carbocycles. The maximum Gasteiger partial charge on any atom is 0.0814 e. The van der Waals surface area contributed by atoms with Crippen molar-refractivity contribution >= 4 is 8.41 Å². The molecular formula is C6H18BNO. The molecule has 0 saturated carbocycles. The maximum absolute atomic E-state index is 4.94. The van der Waals surface area contributed by atoms with Crippen LogP contribution in [0.25, 0.3) is 0 Å². The summed E-state index contributed by atoms with van der Waals surface area (Å²) >= 11 is 0. The van der Waals surface area contributed by atoms with Crippen molar-refractivity contribution in [2.24, 2.45) is 0 Å². The van der Waals surface area contributed by atoms with E-state index in [2.05, 4.69) is 5.32 Å². The van der Waals surface area contributed by atoms with Gasteiger partial charge in [0.05, 0.1) is 8.41 Å². The SMILES string of the molecule is B.C1CCOC1.CNC. The van der Waals surface area contributed by atoms with Gasteiger partial charge in [0.1, 0.15) is 0 Å². The van der Waals surface area contributed by atoms with Crippen molar-refractivity contribution < 1.29 is 4.74 Å². The molecule has 0 amide bonds. The van der Waals surface area contributed by atoms with Crippen molar-refractivity contribution in [2.45, 2.75) is 12.8 Å². The highest BCUT2D eigenvalue weighted by molar-refractivity contribution is 5.75. The van der Waals surface area contributed by atoms with E-state index in [-0.39, 0.29) is 8.41 Å². The Morgan fingerprint density at radius 3 is 1.56 bits per heavy atom. The smallest absolute Gasteiger partial charge is 0.0814 e. The van der Waals surface area contributed by atoms with Crippen LogP contribution < -0.4 is 5.32 Å². The molecule has 0 unspecified atom stereocenters. The van der Waals surface area contributed by atoms with E-state index in [4.69, 9.17) is 4.74 Å². The molecule has 0 spiro atoms. The summed E-state index contributed by atoms with van der Waals surface area (Å²) < 4.78 is 4.94. The van der Waals surface area contributed by atoms with Crippen molar-refractivity contribution in [3.63, 3.8) is 0 Å². The first kappa shape index (κ1) is 11.7. The first-order valence-electron chi connectivity index (χ1n) is 3.08. The minimum absolute atomic E-state index is 0. The molecule has 1 aliphatic heterocycles. The molecule has 0 atom stereocenters. The molecule has 1 aliphatic rings. The first-order valence-corrected chi connectivity index (χ1v) is 3.08. The largest absolute Gasteiger partial charge is 0.381 e. The van der Waals surface area contributed by atoms with Crippen LogP contribution >= 0.6 is 0 Å². The highest BCUT2D eigenvalue weighted by atomic mass is 16.5. The van der Waals surface area contributed by atoms with Crippen LogP contribution in [0.1, 0.15) is 12.8 Å². The van der Waals surface area contributed by atoms with E-state index in [1.54, 1.807) is 0 Å². The quantitative estimate of drug-likeness (QED) is 0.445. The van der Waals surface area contributed by atoms with Gasteiger partial charge in [-0.3, -0.25) is 0 Å². The Bertz CT molecular complexity index is 32.4. The molecule has 3 heteroatoms. The second-order valence-corrected chi connectivity index (χ2v) is 1.82. The minimum atomic E-state index is 0. The molecule has 0 aromatic rings. The van der Waals surface area contributed by atoms with Gasteiger partial charge >= 0.3 is 0 Å². The Labute approximate surface area is 59.5 Å². The zero-order chi connectivity index (χ0) is 6.24. The highest BCUT2D eigenvalue weighted by Crippen LogP contribution is 1.98. The van der Waals surface area contributed by atoms with Gasteiger partial charge < -0.3 is 10.1 Å². The molecule has 1 fully saturated rings. The number of rotatable bonds is 0. The third-order valence-electron chi connectivity index (χ3n) is 0.827. The standard InChI is InChI=1S/C4H8O.C2H7N.BH3/c1-2-4-5-3-1;1-3-2;/h1-4H2;3H,1-2H3;1H3. The van der Waals surface area contributed by atoms with Gasteiger partial charge in [0.25, 0.3) is 0 Å². The molecule has 0 aliphatic carbocycles. The van der Waals surface area contributed by atoms with Gasteiger partial charge in [-0.15, -0.1) is 0 Å². The van der Waals surface area contributed by atoms with Crippen LogP contribution in [0.2, 0.25) is 0 Å². The molecule has 2 nitrogen and oxygen atoms in total. The molecule has 0 aromatic heterocycles. The highest BCUT2D eigenvalue weighted by Gasteiger charge is 1.94. The third kappa shape index (κ3) is 11.5. The van der Waals surface area contributed by atoms with Gasteiger partial charge in [-0.25, -0.2) is 0 Å². The lowest BCUT2D eigenvalue weighted by Crippen LogP contribution is -1.89. The van der Waals surface area contributed by atoms with E-state index in [1.165, 1.54) is 12.8 Å². The third-order valence-corrected chi connectivity index (χ3v) is 0.827. The van der Waals surface area contributed by atoms with Gasteiger partial charge in [0.2, 0.25) is 0 Å². The molecule has 1 saturated heterocycles. The normalized spacial score (nSPS) is 15.3. The number of hydrogen-bond donors (Lipinski definition) is 1. The van der Waals surface area contributed by atoms with Crippen LogP contribution in [-0.2, 0) is 4.74 Å². The van der Waals surface area contributed by atoms with E-state index in [9.17, 15) is 0 Å². The predicted molar refractivity (Wildman–Crippen MR) is 45.0 cm³/mol. The molecule has 0 bridgehead atoms. The van der Waals surface area contributed by atoms with Crippen LogP contribution in [0, 0.1) is 0 Å². The lowest BCUT2D eigenvalue weighted by molar-refractivity contribution is 0.198. The van der Waals surface area contributed by atoms with E-state index < -0.39 is 0 Å². The van der Waals surface area contributed by atoms with Crippen molar-refractivity contribution in [2.75, 3.05) is 27.3 Å². The number of ether oxygens (including phenoxy) is 1. The van der Waals surface area contributed by atoms with Gasteiger partial charge in [0, 0.05) is 13.2 Å². The summed E-state index contributed by atoms with van der Waals surface area (Å²) in [6.07, 6.45) is 2.56. The average molecular weight is 131 g/mol. The van der Waals surface area contributed by atoms with Gasteiger partial charge in [-0.1, -0.05) is 0 Å². The zero-order valence-electron chi connectivity index (χ0n) is 5.74. The molecule has 1 N–H and O–H groups in total. The second-order valence-electron chi connectivity index (χ2n) is 1.82. The summed E-state index contributed by atoms with van der Waals surface area (Å²) in [5.74, 6) is 0. The van der Waals surface area contributed by atoms with Crippen molar-refractivity contribution in [3.05, 3.63) is 0 Å². The van der Waals surface area contributed by atoms with Crippen LogP contribution in [-0.4, -0.2) is 35.7 Å². The summed E-state index contributed by atoms with van der Waals surface area (Å²) in [4.78, 5) is 0. The Morgan fingerprint density at radius 2 is 1.44 bits per heavy atom. The average Bonchev–Trinajstić information content (AvgIpc) is 2.17. The summed E-state index contributed by atoms with van der Waals surface area (Å²) in [5.41, 5.74) is 0. The fourth-order valence-electron chi connectivity index (χ4n) is 0.510. The van der Waals surface area contributed by atoms with E-state index in [1.807, 2.05) is 14.1 Å². The second kappa shape index (κ2) is 10.9. The Morgan fingerprint density at radius 1 is 1.11 bits per heavy atom. The molecular weight excluding hydrogens is 113 g/mol. The Hall–Kier alpha value is -0.0151. The van der Waals surface area contributed by atoms with Crippen molar-refractivity contribution in [1.29, 1.82) is 0 Å². The fourth-order valence-corrected chi connectivity index (χ4v) is 0.510. The Balaban J connectivity index is 0. The molecule has 9 heavy (non-hydrogen) atoms. The summed E-state index contributed by atoms with van der Waals surface area (Å²) in [5, 5.41) is 2.75. The van der Waals surface area contributed by atoms with E-state index >= 15 is 0 Å². The minimum Gasteiger partial charge on any atom is -0.381 e. The summed E-state index contributed by atoms with van der Waals surface area (Å²) in [7, 11) is 3.75. The summed E-state index contributed by atoms with van der Waals surface area (Å²) in [6.45, 7) is 2.00. The van der Waals surface area contributed by atoms with Crippen molar-refractivity contribution in [1.82, 2.24) is 5.32 Å². The lowest BCUT2D eigenvalue weighted by Gasteiger charge is -1.76. The summed E-state index contributed by atoms with van der Waals surface area (Å²) in [6, 6.07) is 0. The predicted octanol–water partition coefficient (Wildman–Crippen LogP) is -0.551. The zero-order valence-corrected chi connectivity index (χ0v) is 5.74. The van der Waals surface area contributed by atoms with Gasteiger partial charge in [-0.05, 0) is 26.9 Å². The fraction of sp³-hybridized carbons (Fsp3) is 1.00.